The lowest BCUT2D eigenvalue weighted by Crippen LogP contribution is -2.32. The second kappa shape index (κ2) is 4.76. The van der Waals surface area contributed by atoms with Gasteiger partial charge in [-0.3, -0.25) is 0 Å². The molecule has 1 atom stereocenters. The summed E-state index contributed by atoms with van der Waals surface area (Å²) < 4.78 is 2.18. The molecule has 3 rings (SSSR count). The number of thioether (sulfide) groups is 1. The van der Waals surface area contributed by atoms with E-state index in [1.54, 1.807) is 0 Å². The monoisotopic (exact) mass is 281 g/mol. The fourth-order valence-electron chi connectivity index (χ4n) is 2.53. The van der Waals surface area contributed by atoms with Crippen LogP contribution in [0.25, 0.3) is 11.0 Å². The number of halogens is 1. The molecular weight excluding hydrogens is 266 g/mol. The second-order valence-electron chi connectivity index (χ2n) is 4.65. The van der Waals surface area contributed by atoms with Crippen LogP contribution in [-0.4, -0.2) is 27.6 Å². The van der Waals surface area contributed by atoms with E-state index in [4.69, 9.17) is 16.6 Å². The van der Waals surface area contributed by atoms with E-state index in [9.17, 15) is 0 Å². The van der Waals surface area contributed by atoms with Crippen LogP contribution in [0.2, 0.25) is 5.02 Å². The van der Waals surface area contributed by atoms with Gasteiger partial charge in [0.15, 0.2) is 0 Å². The maximum Gasteiger partial charge on any atom is 0.127 e. The summed E-state index contributed by atoms with van der Waals surface area (Å²) in [4.78, 5) is 4.77. The molecule has 96 valence electrons. The second-order valence-corrected chi connectivity index (χ2v) is 6.21. The molecule has 0 amide bonds. The topological polar surface area (TPSA) is 29.9 Å². The van der Waals surface area contributed by atoms with Crippen molar-refractivity contribution in [1.82, 2.24) is 14.9 Å². The van der Waals surface area contributed by atoms with Crippen LogP contribution in [0.5, 0.6) is 0 Å². The van der Waals surface area contributed by atoms with E-state index in [1.165, 1.54) is 5.75 Å². The SMILES string of the molecule is Cc1c(Cl)ccc2nc(C3CSCCN3)n(C)c12. The fourth-order valence-corrected chi connectivity index (χ4v) is 3.61. The third kappa shape index (κ3) is 1.92. The Morgan fingerprint density at radius 2 is 2.33 bits per heavy atom. The Hall–Kier alpha value is -0.710. The van der Waals surface area contributed by atoms with Gasteiger partial charge in [-0.05, 0) is 24.6 Å². The Labute approximate surface area is 116 Å². The van der Waals surface area contributed by atoms with Gasteiger partial charge < -0.3 is 9.88 Å². The van der Waals surface area contributed by atoms with Crippen LogP contribution >= 0.6 is 23.4 Å². The standard InChI is InChI=1S/C13H16ClN3S/c1-8-9(14)3-4-10-12(8)17(2)13(16-10)11-7-18-6-5-15-11/h3-4,11,15H,5-7H2,1-2H3. The van der Waals surface area contributed by atoms with E-state index in [2.05, 4.69) is 23.9 Å². The fraction of sp³-hybridized carbons (Fsp3) is 0.462. The van der Waals surface area contributed by atoms with Crippen molar-refractivity contribution in [3.63, 3.8) is 0 Å². The maximum atomic E-state index is 6.19. The van der Waals surface area contributed by atoms with E-state index in [0.717, 1.165) is 39.7 Å². The Morgan fingerprint density at radius 3 is 3.06 bits per heavy atom. The Kier molecular flexibility index (Phi) is 3.26. The first-order valence-corrected chi connectivity index (χ1v) is 7.64. The van der Waals surface area contributed by atoms with Gasteiger partial charge in [0.25, 0.3) is 0 Å². The van der Waals surface area contributed by atoms with Crippen LogP contribution in [0.3, 0.4) is 0 Å². The van der Waals surface area contributed by atoms with Crippen molar-refractivity contribution in [3.8, 4) is 0 Å². The van der Waals surface area contributed by atoms with Crippen LogP contribution < -0.4 is 5.32 Å². The Morgan fingerprint density at radius 1 is 1.50 bits per heavy atom. The van der Waals surface area contributed by atoms with Gasteiger partial charge in [-0.25, -0.2) is 4.98 Å². The van der Waals surface area contributed by atoms with Gasteiger partial charge in [0.05, 0.1) is 17.1 Å². The largest absolute Gasteiger partial charge is 0.330 e. The third-order valence-electron chi connectivity index (χ3n) is 3.49. The molecule has 3 nitrogen and oxygen atoms in total. The van der Waals surface area contributed by atoms with Gasteiger partial charge in [0.1, 0.15) is 5.82 Å². The van der Waals surface area contributed by atoms with E-state index in [0.29, 0.717) is 6.04 Å². The number of rotatable bonds is 1. The predicted molar refractivity (Wildman–Crippen MR) is 78.5 cm³/mol. The van der Waals surface area contributed by atoms with Crippen LogP contribution in [0.15, 0.2) is 12.1 Å². The molecule has 1 saturated heterocycles. The zero-order valence-electron chi connectivity index (χ0n) is 10.5. The summed E-state index contributed by atoms with van der Waals surface area (Å²) in [5.74, 6) is 3.39. The number of benzene rings is 1. The number of hydrogen-bond acceptors (Lipinski definition) is 3. The highest BCUT2D eigenvalue weighted by Crippen LogP contribution is 2.29. The first-order chi connectivity index (χ1) is 8.68. The third-order valence-corrected chi connectivity index (χ3v) is 4.96. The summed E-state index contributed by atoms with van der Waals surface area (Å²) in [5.41, 5.74) is 3.29. The minimum absolute atomic E-state index is 0.347. The van der Waals surface area contributed by atoms with Gasteiger partial charge in [0.2, 0.25) is 0 Å². The number of nitrogens with one attached hydrogen (secondary N) is 1. The van der Waals surface area contributed by atoms with Crippen molar-refractivity contribution in [3.05, 3.63) is 28.5 Å². The van der Waals surface area contributed by atoms with Crippen molar-refractivity contribution >= 4 is 34.4 Å². The lowest BCUT2D eigenvalue weighted by Gasteiger charge is -2.22. The molecule has 0 radical (unpaired) electrons. The molecule has 18 heavy (non-hydrogen) atoms. The zero-order chi connectivity index (χ0) is 12.7. The van der Waals surface area contributed by atoms with Gasteiger partial charge >= 0.3 is 0 Å². The smallest absolute Gasteiger partial charge is 0.127 e. The number of nitrogens with zero attached hydrogens (tertiary/aromatic N) is 2. The molecule has 1 aromatic carbocycles. The summed E-state index contributed by atoms with van der Waals surface area (Å²) in [6.45, 7) is 3.11. The van der Waals surface area contributed by atoms with Gasteiger partial charge in [-0.2, -0.15) is 11.8 Å². The molecule has 2 heterocycles. The van der Waals surface area contributed by atoms with Crippen LogP contribution in [-0.2, 0) is 7.05 Å². The van der Waals surface area contributed by atoms with Crippen molar-refractivity contribution in [2.45, 2.75) is 13.0 Å². The molecule has 1 fully saturated rings. The van der Waals surface area contributed by atoms with Crippen LogP contribution in [0.1, 0.15) is 17.4 Å². The minimum Gasteiger partial charge on any atom is -0.330 e. The highest BCUT2D eigenvalue weighted by Gasteiger charge is 2.21. The lowest BCUT2D eigenvalue weighted by molar-refractivity contribution is 0.549. The summed E-state index contributed by atoms with van der Waals surface area (Å²) in [7, 11) is 2.08. The predicted octanol–water partition coefficient (Wildman–Crippen LogP) is 2.91. The average Bonchev–Trinajstić information content (AvgIpc) is 2.73. The molecule has 1 unspecified atom stereocenters. The Balaban J connectivity index is 2.13. The first-order valence-electron chi connectivity index (χ1n) is 6.11. The number of hydrogen-bond donors (Lipinski definition) is 1. The van der Waals surface area contributed by atoms with Gasteiger partial charge in [-0.15, -0.1) is 0 Å². The van der Waals surface area contributed by atoms with Crippen molar-refractivity contribution < 1.29 is 0 Å². The molecule has 0 bridgehead atoms. The summed E-state index contributed by atoms with van der Waals surface area (Å²) >= 11 is 8.18. The maximum absolute atomic E-state index is 6.19. The summed E-state index contributed by atoms with van der Waals surface area (Å²) in [6, 6.07) is 4.28. The van der Waals surface area contributed by atoms with Crippen LogP contribution in [0, 0.1) is 6.92 Å². The zero-order valence-corrected chi connectivity index (χ0v) is 12.1. The lowest BCUT2D eigenvalue weighted by atomic mass is 10.2. The van der Waals surface area contributed by atoms with Crippen molar-refractivity contribution in [2.24, 2.45) is 7.05 Å². The van der Waals surface area contributed by atoms with Crippen LogP contribution in [0.4, 0.5) is 0 Å². The average molecular weight is 282 g/mol. The molecular formula is C13H16ClN3S. The molecule has 1 aromatic heterocycles. The van der Waals surface area contributed by atoms with E-state index in [-0.39, 0.29) is 0 Å². The van der Waals surface area contributed by atoms with Crippen molar-refractivity contribution in [1.29, 1.82) is 0 Å². The first kappa shape index (κ1) is 12.3. The molecule has 0 saturated carbocycles. The normalized spacial score (nSPS) is 20.5. The highest BCUT2D eigenvalue weighted by molar-refractivity contribution is 7.99. The molecule has 1 aliphatic rings. The minimum atomic E-state index is 0.347. The molecule has 0 spiro atoms. The molecule has 0 aliphatic carbocycles. The summed E-state index contributed by atoms with van der Waals surface area (Å²) in [5, 5.41) is 4.34. The van der Waals surface area contributed by atoms with E-state index >= 15 is 0 Å². The quantitative estimate of drug-likeness (QED) is 0.872. The summed E-state index contributed by atoms with van der Waals surface area (Å²) in [6.07, 6.45) is 0. The molecule has 1 N–H and O–H groups in total. The number of fused-ring (bicyclic) bond motifs is 1. The molecule has 2 aromatic rings. The Bertz CT molecular complexity index is 587. The highest BCUT2D eigenvalue weighted by atomic mass is 35.5. The number of aryl methyl sites for hydroxylation is 2. The number of aromatic nitrogens is 2. The molecule has 5 heteroatoms. The van der Waals surface area contributed by atoms with E-state index in [1.807, 2.05) is 23.9 Å². The molecule has 1 aliphatic heterocycles. The number of imidazole rings is 1. The van der Waals surface area contributed by atoms with E-state index < -0.39 is 0 Å². The van der Waals surface area contributed by atoms with Crippen molar-refractivity contribution in [2.75, 3.05) is 18.1 Å². The van der Waals surface area contributed by atoms with Gasteiger partial charge in [0, 0.05) is 30.1 Å². The van der Waals surface area contributed by atoms with Gasteiger partial charge in [-0.1, -0.05) is 11.6 Å².